The molecule has 0 aromatic heterocycles. The quantitative estimate of drug-likeness (QED) is 0.717. The zero-order valence-corrected chi connectivity index (χ0v) is 13.0. The van der Waals surface area contributed by atoms with E-state index in [-0.39, 0.29) is 5.91 Å². The van der Waals surface area contributed by atoms with Gasteiger partial charge in [-0.05, 0) is 39.4 Å². The van der Waals surface area contributed by atoms with Gasteiger partial charge >= 0.3 is 0 Å². The molecule has 2 fully saturated rings. The third-order valence-electron chi connectivity index (χ3n) is 4.51. The molecule has 0 unspecified atom stereocenters. The van der Waals surface area contributed by atoms with Crippen molar-refractivity contribution in [2.75, 3.05) is 60.0 Å². The number of ether oxygens (including phenoxy) is 1. The lowest BCUT2D eigenvalue weighted by Gasteiger charge is -2.32. The van der Waals surface area contributed by atoms with Gasteiger partial charge in [-0.1, -0.05) is 6.42 Å². The molecule has 0 aliphatic carbocycles. The summed E-state index contributed by atoms with van der Waals surface area (Å²) in [5, 5.41) is 0. The molecule has 2 aliphatic rings. The monoisotopic (exact) mass is 283 g/mol. The van der Waals surface area contributed by atoms with Crippen LogP contribution >= 0.6 is 0 Å². The number of piperidine rings is 1. The van der Waals surface area contributed by atoms with E-state index in [9.17, 15) is 4.79 Å². The van der Waals surface area contributed by atoms with Crippen molar-refractivity contribution in [1.29, 1.82) is 0 Å². The minimum atomic E-state index is 0.267. The van der Waals surface area contributed by atoms with Crippen LogP contribution in [-0.2, 0) is 9.53 Å². The molecule has 1 atom stereocenters. The third kappa shape index (κ3) is 4.43. The van der Waals surface area contributed by atoms with Crippen LogP contribution in [0.3, 0.4) is 0 Å². The van der Waals surface area contributed by atoms with Crippen LogP contribution in [-0.4, -0.2) is 86.7 Å². The predicted molar refractivity (Wildman–Crippen MR) is 79.8 cm³/mol. The molecule has 0 aromatic rings. The number of carbonyl (C=O) groups excluding carboxylic acids is 1. The van der Waals surface area contributed by atoms with E-state index in [1.807, 2.05) is 16.8 Å². The van der Waals surface area contributed by atoms with Crippen molar-refractivity contribution in [1.82, 2.24) is 14.7 Å². The number of hydrogen-bond acceptors (Lipinski definition) is 4. The first-order chi connectivity index (χ1) is 9.70. The fourth-order valence-corrected chi connectivity index (χ4v) is 3.21. The van der Waals surface area contributed by atoms with E-state index < -0.39 is 0 Å². The highest BCUT2D eigenvalue weighted by Gasteiger charge is 2.30. The van der Waals surface area contributed by atoms with Gasteiger partial charge < -0.3 is 9.64 Å². The zero-order chi connectivity index (χ0) is 14.4. The number of likely N-dealkylation sites (N-methyl/N-ethyl adjacent to an activating group) is 1. The molecule has 5 nitrogen and oxygen atoms in total. The second-order valence-corrected chi connectivity index (χ2v) is 6.11. The molecule has 0 aromatic carbocycles. The van der Waals surface area contributed by atoms with Gasteiger partial charge in [0.05, 0.1) is 13.2 Å². The van der Waals surface area contributed by atoms with Crippen LogP contribution < -0.4 is 0 Å². The lowest BCUT2D eigenvalue weighted by Crippen LogP contribution is -2.43. The summed E-state index contributed by atoms with van der Waals surface area (Å²) >= 11 is 0. The number of methoxy groups -OCH3 is 1. The van der Waals surface area contributed by atoms with Crippen molar-refractivity contribution in [3.63, 3.8) is 0 Å². The van der Waals surface area contributed by atoms with Gasteiger partial charge in [0.25, 0.3) is 0 Å². The second-order valence-electron chi connectivity index (χ2n) is 6.11. The smallest absolute Gasteiger partial charge is 0.236 e. The topological polar surface area (TPSA) is 36.0 Å². The van der Waals surface area contributed by atoms with Crippen LogP contribution in [0, 0.1) is 0 Å². The lowest BCUT2D eigenvalue weighted by atomic mass is 10.1. The number of hydrogen-bond donors (Lipinski definition) is 0. The molecular formula is C15H29N3O2. The van der Waals surface area contributed by atoms with E-state index in [1.165, 1.54) is 32.4 Å². The Balaban J connectivity index is 1.72. The molecule has 2 aliphatic heterocycles. The van der Waals surface area contributed by atoms with Crippen LogP contribution in [0.2, 0.25) is 0 Å². The average molecular weight is 283 g/mol. The number of nitrogens with zero attached hydrogens (tertiary/aromatic N) is 3. The molecule has 0 spiro atoms. The highest BCUT2D eigenvalue weighted by Crippen LogP contribution is 2.20. The normalized spacial score (nSPS) is 24.6. The molecule has 0 bridgehead atoms. The maximum Gasteiger partial charge on any atom is 0.236 e. The van der Waals surface area contributed by atoms with Crippen LogP contribution in [0.4, 0.5) is 0 Å². The van der Waals surface area contributed by atoms with Crippen LogP contribution in [0.25, 0.3) is 0 Å². The maximum atomic E-state index is 12.3. The lowest BCUT2D eigenvalue weighted by molar-refractivity contribution is -0.131. The fraction of sp³-hybridized carbons (Fsp3) is 0.933. The van der Waals surface area contributed by atoms with Crippen molar-refractivity contribution in [2.24, 2.45) is 0 Å². The standard InChI is InChI=1S/C15H29N3O2/c1-16(10-11-20-2)13-15(19)18-9-6-14(12-18)17-7-4-3-5-8-17/h14H,3-13H2,1-2H3/t14-/m0/s1. The van der Waals surface area contributed by atoms with Gasteiger partial charge in [0.2, 0.25) is 5.91 Å². The Morgan fingerprint density at radius 3 is 2.70 bits per heavy atom. The second kappa shape index (κ2) is 7.96. The molecule has 2 heterocycles. The number of rotatable bonds is 6. The SMILES string of the molecule is COCCN(C)CC(=O)N1CC[C@H](N2CCCCC2)C1. The number of amides is 1. The summed E-state index contributed by atoms with van der Waals surface area (Å²) in [4.78, 5) is 18.9. The molecule has 1 amide bonds. The van der Waals surface area contributed by atoms with Gasteiger partial charge in [0.15, 0.2) is 0 Å². The van der Waals surface area contributed by atoms with E-state index in [4.69, 9.17) is 4.74 Å². The van der Waals surface area contributed by atoms with Crippen molar-refractivity contribution in [2.45, 2.75) is 31.7 Å². The first-order valence-corrected chi connectivity index (χ1v) is 7.90. The molecule has 5 heteroatoms. The zero-order valence-electron chi connectivity index (χ0n) is 13.0. The molecule has 2 rings (SSSR count). The number of likely N-dealkylation sites (tertiary alicyclic amines) is 2. The summed E-state index contributed by atoms with van der Waals surface area (Å²) in [7, 11) is 3.68. The van der Waals surface area contributed by atoms with Gasteiger partial charge in [-0.3, -0.25) is 14.6 Å². The Morgan fingerprint density at radius 1 is 1.25 bits per heavy atom. The van der Waals surface area contributed by atoms with E-state index in [0.29, 0.717) is 19.2 Å². The van der Waals surface area contributed by atoms with Gasteiger partial charge in [-0.2, -0.15) is 0 Å². The van der Waals surface area contributed by atoms with E-state index >= 15 is 0 Å². The predicted octanol–water partition coefficient (Wildman–Crippen LogP) is 0.651. The Morgan fingerprint density at radius 2 is 2.00 bits per heavy atom. The largest absolute Gasteiger partial charge is 0.383 e. The maximum absolute atomic E-state index is 12.3. The summed E-state index contributed by atoms with van der Waals surface area (Å²) in [6.45, 7) is 6.30. The van der Waals surface area contributed by atoms with Crippen molar-refractivity contribution < 1.29 is 9.53 Å². The van der Waals surface area contributed by atoms with Gasteiger partial charge in [0.1, 0.15) is 0 Å². The Hall–Kier alpha value is -0.650. The van der Waals surface area contributed by atoms with Crippen molar-refractivity contribution >= 4 is 5.91 Å². The van der Waals surface area contributed by atoms with Crippen molar-refractivity contribution in [3.8, 4) is 0 Å². The minimum absolute atomic E-state index is 0.267. The highest BCUT2D eigenvalue weighted by atomic mass is 16.5. The van der Waals surface area contributed by atoms with Crippen molar-refractivity contribution in [3.05, 3.63) is 0 Å². The molecule has 20 heavy (non-hydrogen) atoms. The van der Waals surface area contributed by atoms with E-state index in [0.717, 1.165) is 26.1 Å². The first-order valence-electron chi connectivity index (χ1n) is 7.90. The van der Waals surface area contributed by atoms with Gasteiger partial charge in [0, 0.05) is 32.8 Å². The summed E-state index contributed by atoms with van der Waals surface area (Å²) in [6.07, 6.45) is 5.16. The molecule has 0 radical (unpaired) electrons. The van der Waals surface area contributed by atoms with Gasteiger partial charge in [-0.25, -0.2) is 0 Å². The Bertz CT molecular complexity index is 305. The van der Waals surface area contributed by atoms with Crippen LogP contribution in [0.1, 0.15) is 25.7 Å². The first kappa shape index (κ1) is 15.7. The minimum Gasteiger partial charge on any atom is -0.383 e. The summed E-state index contributed by atoms with van der Waals surface area (Å²) in [6, 6.07) is 0.600. The molecule has 116 valence electrons. The summed E-state index contributed by atoms with van der Waals surface area (Å²) < 4.78 is 5.04. The molecular weight excluding hydrogens is 254 g/mol. The number of carbonyl (C=O) groups is 1. The summed E-state index contributed by atoms with van der Waals surface area (Å²) in [5.41, 5.74) is 0. The Labute approximate surface area is 122 Å². The van der Waals surface area contributed by atoms with Crippen LogP contribution in [0.5, 0.6) is 0 Å². The Kier molecular flexibility index (Phi) is 6.26. The van der Waals surface area contributed by atoms with E-state index in [1.54, 1.807) is 7.11 Å². The molecule has 0 saturated carbocycles. The van der Waals surface area contributed by atoms with Crippen LogP contribution in [0.15, 0.2) is 0 Å². The third-order valence-corrected chi connectivity index (χ3v) is 4.51. The van der Waals surface area contributed by atoms with E-state index in [2.05, 4.69) is 4.90 Å². The highest BCUT2D eigenvalue weighted by molar-refractivity contribution is 5.78. The molecule has 0 N–H and O–H groups in total. The average Bonchev–Trinajstić information content (AvgIpc) is 2.96. The molecule has 2 saturated heterocycles. The summed E-state index contributed by atoms with van der Waals surface area (Å²) in [5.74, 6) is 0.267. The van der Waals surface area contributed by atoms with Gasteiger partial charge in [-0.15, -0.1) is 0 Å². The fourth-order valence-electron chi connectivity index (χ4n) is 3.21.